The van der Waals surface area contributed by atoms with Crippen LogP contribution in [0, 0.1) is 18.8 Å². The van der Waals surface area contributed by atoms with Crippen molar-refractivity contribution in [1.82, 2.24) is 4.90 Å². The summed E-state index contributed by atoms with van der Waals surface area (Å²) in [6, 6.07) is 7.80. The van der Waals surface area contributed by atoms with Crippen LogP contribution in [0.4, 0.5) is 0 Å². The lowest BCUT2D eigenvalue weighted by atomic mass is 9.92. The number of hydrogen-bond acceptors (Lipinski definition) is 2. The van der Waals surface area contributed by atoms with Crippen LogP contribution in [0.3, 0.4) is 0 Å². The van der Waals surface area contributed by atoms with Crippen molar-refractivity contribution in [1.29, 1.82) is 0 Å². The minimum Gasteiger partial charge on any atom is -0.484 e. The van der Waals surface area contributed by atoms with E-state index < -0.39 is 0 Å². The van der Waals surface area contributed by atoms with Gasteiger partial charge in [0, 0.05) is 13.1 Å². The molecule has 0 aromatic heterocycles. The largest absolute Gasteiger partial charge is 0.484 e. The second-order valence-electron chi connectivity index (χ2n) is 5.80. The first kappa shape index (κ1) is 13.9. The summed E-state index contributed by atoms with van der Waals surface area (Å²) in [5, 5.41) is 0. The van der Waals surface area contributed by atoms with E-state index in [0.29, 0.717) is 11.8 Å². The molecule has 1 fully saturated rings. The van der Waals surface area contributed by atoms with Gasteiger partial charge in [-0.3, -0.25) is 4.79 Å². The van der Waals surface area contributed by atoms with E-state index in [2.05, 4.69) is 13.8 Å². The maximum atomic E-state index is 12.2. The third kappa shape index (κ3) is 3.72. The average Bonchev–Trinajstić information content (AvgIpc) is 2.36. The van der Waals surface area contributed by atoms with Gasteiger partial charge in [-0.15, -0.1) is 0 Å². The topological polar surface area (TPSA) is 29.5 Å². The Morgan fingerprint density at radius 3 is 2.53 bits per heavy atom. The smallest absolute Gasteiger partial charge is 0.260 e. The summed E-state index contributed by atoms with van der Waals surface area (Å²) in [4.78, 5) is 14.1. The molecule has 1 aliphatic heterocycles. The van der Waals surface area contributed by atoms with Crippen LogP contribution >= 0.6 is 0 Å². The first-order chi connectivity index (χ1) is 9.06. The number of amides is 1. The summed E-state index contributed by atoms with van der Waals surface area (Å²) in [5.74, 6) is 2.08. The number of nitrogens with zero attached hydrogens (tertiary/aromatic N) is 1. The number of piperidine rings is 1. The van der Waals surface area contributed by atoms with Crippen molar-refractivity contribution in [2.75, 3.05) is 19.7 Å². The van der Waals surface area contributed by atoms with Crippen molar-refractivity contribution in [3.8, 4) is 5.75 Å². The van der Waals surface area contributed by atoms with Crippen LogP contribution in [0.15, 0.2) is 24.3 Å². The fourth-order valence-electron chi connectivity index (χ4n) is 2.82. The van der Waals surface area contributed by atoms with Gasteiger partial charge in [-0.1, -0.05) is 32.0 Å². The molecule has 3 heteroatoms. The highest BCUT2D eigenvalue weighted by Gasteiger charge is 2.25. The summed E-state index contributed by atoms with van der Waals surface area (Å²) in [7, 11) is 0. The molecule has 2 atom stereocenters. The van der Waals surface area contributed by atoms with Crippen LogP contribution in [-0.2, 0) is 4.79 Å². The molecule has 0 radical (unpaired) electrons. The van der Waals surface area contributed by atoms with Crippen molar-refractivity contribution >= 4 is 5.91 Å². The zero-order valence-electron chi connectivity index (χ0n) is 12.1. The number of ether oxygens (including phenoxy) is 1. The lowest BCUT2D eigenvalue weighted by molar-refractivity contribution is -0.136. The van der Waals surface area contributed by atoms with Gasteiger partial charge in [0.05, 0.1) is 0 Å². The van der Waals surface area contributed by atoms with Crippen molar-refractivity contribution < 1.29 is 9.53 Å². The Morgan fingerprint density at radius 1 is 1.26 bits per heavy atom. The fourth-order valence-corrected chi connectivity index (χ4v) is 2.82. The Morgan fingerprint density at radius 2 is 1.89 bits per heavy atom. The molecule has 1 amide bonds. The number of para-hydroxylation sites is 1. The van der Waals surface area contributed by atoms with Gasteiger partial charge in [0.2, 0.25) is 0 Å². The molecule has 0 bridgehead atoms. The van der Waals surface area contributed by atoms with Gasteiger partial charge in [0.15, 0.2) is 6.61 Å². The molecule has 1 aromatic carbocycles. The standard InChI is InChI=1S/C16H23NO2/c1-12-8-13(2)10-17(9-12)16(18)11-19-15-7-5-4-6-14(15)3/h4-7,12-13H,8-11H2,1-3H3. The summed E-state index contributed by atoms with van der Waals surface area (Å²) >= 11 is 0. The van der Waals surface area contributed by atoms with Gasteiger partial charge < -0.3 is 9.64 Å². The van der Waals surface area contributed by atoms with Gasteiger partial charge in [0.1, 0.15) is 5.75 Å². The third-order valence-corrected chi connectivity index (χ3v) is 3.67. The van der Waals surface area contributed by atoms with Crippen molar-refractivity contribution in [3.05, 3.63) is 29.8 Å². The molecule has 1 saturated heterocycles. The average molecular weight is 261 g/mol. The van der Waals surface area contributed by atoms with E-state index in [-0.39, 0.29) is 12.5 Å². The Hall–Kier alpha value is -1.51. The lowest BCUT2D eigenvalue weighted by Crippen LogP contribution is -2.44. The lowest BCUT2D eigenvalue weighted by Gasteiger charge is -2.34. The quantitative estimate of drug-likeness (QED) is 0.837. The third-order valence-electron chi connectivity index (χ3n) is 3.67. The van der Waals surface area contributed by atoms with Gasteiger partial charge in [0.25, 0.3) is 5.91 Å². The van der Waals surface area contributed by atoms with E-state index in [1.165, 1.54) is 6.42 Å². The Kier molecular flexibility index (Phi) is 4.46. The van der Waals surface area contributed by atoms with Crippen LogP contribution < -0.4 is 4.74 Å². The highest BCUT2D eigenvalue weighted by Crippen LogP contribution is 2.21. The molecule has 19 heavy (non-hydrogen) atoms. The fraction of sp³-hybridized carbons (Fsp3) is 0.562. The monoisotopic (exact) mass is 261 g/mol. The van der Waals surface area contributed by atoms with Gasteiger partial charge >= 0.3 is 0 Å². The number of carbonyl (C=O) groups is 1. The summed E-state index contributed by atoms with van der Waals surface area (Å²) < 4.78 is 5.63. The highest BCUT2D eigenvalue weighted by molar-refractivity contribution is 5.78. The second kappa shape index (κ2) is 6.09. The van der Waals surface area contributed by atoms with Gasteiger partial charge in [-0.2, -0.15) is 0 Å². The summed E-state index contributed by atoms with van der Waals surface area (Å²) in [5.41, 5.74) is 1.07. The molecule has 0 spiro atoms. The van der Waals surface area contributed by atoms with Crippen LogP contribution in [0.1, 0.15) is 25.8 Å². The maximum Gasteiger partial charge on any atom is 0.260 e. The van der Waals surface area contributed by atoms with E-state index in [1.54, 1.807) is 0 Å². The predicted molar refractivity (Wildman–Crippen MR) is 76.2 cm³/mol. The molecule has 104 valence electrons. The first-order valence-corrected chi connectivity index (χ1v) is 7.02. The van der Waals surface area contributed by atoms with Crippen LogP contribution in [0.5, 0.6) is 5.75 Å². The van der Waals surface area contributed by atoms with Gasteiger partial charge in [-0.25, -0.2) is 0 Å². The molecule has 0 saturated carbocycles. The molecule has 0 N–H and O–H groups in total. The molecule has 0 aliphatic carbocycles. The van der Waals surface area contributed by atoms with E-state index in [0.717, 1.165) is 24.4 Å². The van der Waals surface area contributed by atoms with Crippen LogP contribution in [0.2, 0.25) is 0 Å². The van der Waals surface area contributed by atoms with E-state index in [9.17, 15) is 4.79 Å². The number of carbonyl (C=O) groups excluding carboxylic acids is 1. The normalized spacial score (nSPS) is 23.2. The van der Waals surface area contributed by atoms with E-state index >= 15 is 0 Å². The Balaban J connectivity index is 1.89. The number of hydrogen-bond donors (Lipinski definition) is 0. The summed E-state index contributed by atoms with van der Waals surface area (Å²) in [6.45, 7) is 8.27. The predicted octanol–water partition coefficient (Wildman–Crippen LogP) is 2.88. The zero-order chi connectivity index (χ0) is 13.8. The first-order valence-electron chi connectivity index (χ1n) is 7.02. The Labute approximate surface area is 115 Å². The molecular weight excluding hydrogens is 238 g/mol. The molecule has 1 heterocycles. The van der Waals surface area contributed by atoms with Crippen molar-refractivity contribution in [2.45, 2.75) is 27.2 Å². The molecular formula is C16H23NO2. The molecule has 1 aliphatic rings. The molecule has 1 aromatic rings. The Bertz CT molecular complexity index is 434. The minimum atomic E-state index is 0.0988. The van der Waals surface area contributed by atoms with Crippen LogP contribution in [-0.4, -0.2) is 30.5 Å². The van der Waals surface area contributed by atoms with Crippen LogP contribution in [0.25, 0.3) is 0 Å². The number of rotatable bonds is 3. The number of likely N-dealkylation sites (tertiary alicyclic amines) is 1. The van der Waals surface area contributed by atoms with Crippen molar-refractivity contribution in [3.63, 3.8) is 0 Å². The maximum absolute atomic E-state index is 12.2. The summed E-state index contributed by atoms with van der Waals surface area (Å²) in [6.07, 6.45) is 1.21. The SMILES string of the molecule is Cc1ccccc1OCC(=O)N1CC(C)CC(C)C1. The molecule has 3 nitrogen and oxygen atoms in total. The number of benzene rings is 1. The highest BCUT2D eigenvalue weighted by atomic mass is 16.5. The van der Waals surface area contributed by atoms with Crippen molar-refractivity contribution in [2.24, 2.45) is 11.8 Å². The van der Waals surface area contributed by atoms with Gasteiger partial charge in [-0.05, 0) is 36.8 Å². The minimum absolute atomic E-state index is 0.0988. The van der Waals surface area contributed by atoms with E-state index in [1.807, 2.05) is 36.1 Å². The second-order valence-corrected chi connectivity index (χ2v) is 5.80. The number of aryl methyl sites for hydroxylation is 1. The van der Waals surface area contributed by atoms with E-state index in [4.69, 9.17) is 4.74 Å². The molecule has 2 rings (SSSR count). The zero-order valence-corrected chi connectivity index (χ0v) is 12.1. The molecule has 2 unspecified atom stereocenters.